The monoisotopic (exact) mass is 273 g/mol. The van der Waals surface area contributed by atoms with E-state index in [4.69, 9.17) is 4.42 Å². The lowest BCUT2D eigenvalue weighted by Gasteiger charge is -2.06. The Hall–Kier alpha value is -1.36. The van der Waals surface area contributed by atoms with Crippen molar-refractivity contribution in [3.8, 4) is 0 Å². The molecule has 0 aliphatic rings. The molecule has 5 heteroatoms. The molecule has 0 aliphatic heterocycles. The largest absolute Gasteiger partial charge is 0.470 e. The molecule has 2 aromatic rings. The van der Waals surface area contributed by atoms with E-state index in [1.54, 1.807) is 6.07 Å². The first-order valence-electron chi connectivity index (χ1n) is 4.10. The summed E-state index contributed by atoms with van der Waals surface area (Å²) in [7, 11) is 0. The van der Waals surface area contributed by atoms with Crippen LogP contribution in [0.4, 0.5) is 20.2 Å². The minimum atomic E-state index is -0.664. The zero-order valence-electron chi connectivity index (χ0n) is 7.43. The van der Waals surface area contributed by atoms with Gasteiger partial charge in [0.15, 0.2) is 11.6 Å². The van der Waals surface area contributed by atoms with Crippen molar-refractivity contribution in [2.45, 2.75) is 0 Å². The summed E-state index contributed by atoms with van der Waals surface area (Å²) >= 11 is 3.00. The van der Waals surface area contributed by atoms with Crippen molar-refractivity contribution < 1.29 is 13.2 Å². The Morgan fingerprint density at radius 3 is 2.40 bits per heavy atom. The van der Waals surface area contributed by atoms with Crippen molar-refractivity contribution in [3.63, 3.8) is 0 Å². The molecular formula is C10H6BrF2NO. The van der Waals surface area contributed by atoms with E-state index in [-0.39, 0.29) is 5.69 Å². The lowest BCUT2D eigenvalue weighted by molar-refractivity contribution is 0.567. The number of benzene rings is 1. The van der Waals surface area contributed by atoms with Gasteiger partial charge in [-0.25, -0.2) is 8.78 Å². The van der Waals surface area contributed by atoms with Crippen LogP contribution >= 0.6 is 15.9 Å². The molecule has 0 saturated heterocycles. The van der Waals surface area contributed by atoms with Crippen molar-refractivity contribution in [1.82, 2.24) is 0 Å². The van der Waals surface area contributed by atoms with Crippen LogP contribution in [0.3, 0.4) is 0 Å². The Bertz CT molecular complexity index is 447. The van der Waals surface area contributed by atoms with Gasteiger partial charge in [-0.1, -0.05) is 15.9 Å². The van der Waals surface area contributed by atoms with Crippen LogP contribution < -0.4 is 5.32 Å². The molecule has 0 saturated carbocycles. The minimum Gasteiger partial charge on any atom is -0.470 e. The molecule has 1 aromatic heterocycles. The number of hydrogen-bond acceptors (Lipinski definition) is 2. The number of halogens is 3. The first-order valence-corrected chi connectivity index (χ1v) is 4.90. The number of rotatable bonds is 2. The summed E-state index contributed by atoms with van der Waals surface area (Å²) in [6, 6.07) is 3.94. The SMILES string of the molecule is Fc1cc(Br)cc(F)c1Nc1ccoc1. The number of furan rings is 1. The molecule has 1 N–H and O–H groups in total. The molecule has 0 amide bonds. The van der Waals surface area contributed by atoms with Gasteiger partial charge in [0.05, 0.1) is 12.0 Å². The Morgan fingerprint density at radius 2 is 1.87 bits per heavy atom. The number of nitrogens with one attached hydrogen (secondary N) is 1. The van der Waals surface area contributed by atoms with E-state index in [1.807, 2.05) is 0 Å². The highest BCUT2D eigenvalue weighted by atomic mass is 79.9. The van der Waals surface area contributed by atoms with E-state index in [0.29, 0.717) is 10.2 Å². The van der Waals surface area contributed by atoms with Gasteiger partial charge < -0.3 is 9.73 Å². The molecular weight excluding hydrogens is 268 g/mol. The van der Waals surface area contributed by atoms with Crippen molar-refractivity contribution >= 4 is 27.3 Å². The maximum absolute atomic E-state index is 13.3. The lowest BCUT2D eigenvalue weighted by Crippen LogP contribution is -1.96. The molecule has 2 nitrogen and oxygen atoms in total. The Balaban J connectivity index is 2.36. The standard InChI is InChI=1S/C10H6BrF2NO/c11-6-3-8(12)10(9(13)4-6)14-7-1-2-15-5-7/h1-5,14H. The van der Waals surface area contributed by atoms with E-state index in [9.17, 15) is 8.78 Å². The van der Waals surface area contributed by atoms with Gasteiger partial charge in [0.25, 0.3) is 0 Å². The molecule has 2 rings (SSSR count). The van der Waals surface area contributed by atoms with Crippen LogP contribution in [-0.4, -0.2) is 0 Å². The summed E-state index contributed by atoms with van der Waals surface area (Å²) in [5.41, 5.74) is 0.301. The predicted molar refractivity (Wildman–Crippen MR) is 56.0 cm³/mol. The first kappa shape index (κ1) is 10.2. The second-order valence-corrected chi connectivity index (χ2v) is 3.80. The summed E-state index contributed by atoms with van der Waals surface area (Å²) in [5, 5.41) is 2.58. The van der Waals surface area contributed by atoms with Gasteiger partial charge in [0, 0.05) is 4.47 Å². The number of anilines is 2. The van der Waals surface area contributed by atoms with Gasteiger partial charge in [0.1, 0.15) is 12.0 Å². The van der Waals surface area contributed by atoms with Gasteiger partial charge in [-0.2, -0.15) is 0 Å². The fourth-order valence-electron chi connectivity index (χ4n) is 1.14. The second kappa shape index (κ2) is 4.02. The van der Waals surface area contributed by atoms with Crippen LogP contribution in [0.15, 0.2) is 39.6 Å². The zero-order valence-corrected chi connectivity index (χ0v) is 9.01. The maximum Gasteiger partial charge on any atom is 0.150 e. The Kier molecular flexibility index (Phi) is 2.73. The molecule has 0 unspecified atom stereocenters. The smallest absolute Gasteiger partial charge is 0.150 e. The van der Waals surface area contributed by atoms with Gasteiger partial charge in [-0.15, -0.1) is 0 Å². The lowest BCUT2D eigenvalue weighted by atomic mass is 10.3. The molecule has 0 radical (unpaired) electrons. The third-order valence-electron chi connectivity index (χ3n) is 1.80. The molecule has 1 heterocycles. The van der Waals surface area contributed by atoms with Crippen molar-refractivity contribution in [3.05, 3.63) is 46.8 Å². The highest BCUT2D eigenvalue weighted by Gasteiger charge is 2.10. The molecule has 0 atom stereocenters. The van der Waals surface area contributed by atoms with E-state index in [0.717, 1.165) is 0 Å². The summed E-state index contributed by atoms with van der Waals surface area (Å²) in [6.07, 6.45) is 2.78. The van der Waals surface area contributed by atoms with Gasteiger partial charge in [0.2, 0.25) is 0 Å². The van der Waals surface area contributed by atoms with Crippen molar-refractivity contribution in [2.24, 2.45) is 0 Å². The zero-order chi connectivity index (χ0) is 10.8. The topological polar surface area (TPSA) is 25.2 Å². The van der Waals surface area contributed by atoms with E-state index < -0.39 is 11.6 Å². The normalized spacial score (nSPS) is 10.3. The first-order chi connectivity index (χ1) is 7.16. The van der Waals surface area contributed by atoms with Crippen LogP contribution in [0.2, 0.25) is 0 Å². The maximum atomic E-state index is 13.3. The highest BCUT2D eigenvalue weighted by molar-refractivity contribution is 9.10. The van der Waals surface area contributed by atoms with E-state index in [2.05, 4.69) is 21.2 Å². The number of hydrogen-bond donors (Lipinski definition) is 1. The molecule has 0 bridgehead atoms. The summed E-state index contributed by atoms with van der Waals surface area (Å²) < 4.78 is 31.8. The molecule has 0 aliphatic carbocycles. The van der Waals surface area contributed by atoms with Crippen LogP contribution in [0.25, 0.3) is 0 Å². The fraction of sp³-hybridized carbons (Fsp3) is 0. The van der Waals surface area contributed by atoms with Crippen LogP contribution in [0, 0.1) is 11.6 Å². The van der Waals surface area contributed by atoms with E-state index >= 15 is 0 Å². The van der Waals surface area contributed by atoms with Crippen LogP contribution in [-0.2, 0) is 0 Å². The molecule has 1 aromatic carbocycles. The average Bonchev–Trinajstić information content (AvgIpc) is 2.63. The van der Waals surface area contributed by atoms with Crippen molar-refractivity contribution in [2.75, 3.05) is 5.32 Å². The summed E-state index contributed by atoms with van der Waals surface area (Å²) in [6.45, 7) is 0. The molecule has 15 heavy (non-hydrogen) atoms. The molecule has 78 valence electrons. The van der Waals surface area contributed by atoms with E-state index in [1.165, 1.54) is 24.7 Å². The minimum absolute atomic E-state index is 0.195. The van der Waals surface area contributed by atoms with Crippen LogP contribution in [0.5, 0.6) is 0 Å². The molecule has 0 spiro atoms. The van der Waals surface area contributed by atoms with Crippen LogP contribution in [0.1, 0.15) is 0 Å². The second-order valence-electron chi connectivity index (χ2n) is 2.88. The summed E-state index contributed by atoms with van der Waals surface area (Å²) in [5.74, 6) is -1.33. The predicted octanol–water partition coefficient (Wildman–Crippen LogP) is 4.06. The Labute approximate surface area is 93.0 Å². The quantitative estimate of drug-likeness (QED) is 0.893. The van der Waals surface area contributed by atoms with Gasteiger partial charge in [-0.3, -0.25) is 0 Å². The third-order valence-corrected chi connectivity index (χ3v) is 2.26. The van der Waals surface area contributed by atoms with Gasteiger partial charge >= 0.3 is 0 Å². The Morgan fingerprint density at radius 1 is 1.20 bits per heavy atom. The van der Waals surface area contributed by atoms with Crippen molar-refractivity contribution in [1.29, 1.82) is 0 Å². The third kappa shape index (κ3) is 2.18. The highest BCUT2D eigenvalue weighted by Crippen LogP contribution is 2.26. The average molecular weight is 274 g/mol. The fourth-order valence-corrected chi connectivity index (χ4v) is 1.54. The molecule has 0 fully saturated rings. The summed E-state index contributed by atoms with van der Waals surface area (Å²) in [4.78, 5) is 0. The van der Waals surface area contributed by atoms with Gasteiger partial charge in [-0.05, 0) is 18.2 Å².